The first kappa shape index (κ1) is 10.4. The molecule has 1 aromatic rings. The minimum Gasteiger partial charge on any atom is -0.274 e. The molecule has 3 nitrogen and oxygen atoms in total. The van der Waals surface area contributed by atoms with E-state index in [0.29, 0.717) is 18.5 Å². The van der Waals surface area contributed by atoms with E-state index in [1.54, 1.807) is 6.07 Å². The fourth-order valence-electron chi connectivity index (χ4n) is 1.64. The van der Waals surface area contributed by atoms with Gasteiger partial charge in [-0.1, -0.05) is 28.1 Å². The van der Waals surface area contributed by atoms with Gasteiger partial charge in [-0.2, -0.15) is 0 Å². The number of benzene rings is 1. The van der Waals surface area contributed by atoms with Crippen LogP contribution in [-0.4, -0.2) is 11.8 Å². The third-order valence-electron chi connectivity index (χ3n) is 2.37. The highest BCUT2D eigenvalue weighted by Gasteiger charge is 2.30. The number of nitrogens with zero attached hydrogens (tertiary/aromatic N) is 1. The number of carbonyl (C=O) groups excluding carboxylic acids is 2. The second-order valence-electron chi connectivity index (χ2n) is 3.43. The summed E-state index contributed by atoms with van der Waals surface area (Å²) in [4.78, 5) is 24.2. The Morgan fingerprint density at radius 3 is 2.47 bits per heavy atom. The van der Waals surface area contributed by atoms with Gasteiger partial charge < -0.3 is 0 Å². The second-order valence-corrected chi connectivity index (χ2v) is 3.99. The number of anilines is 1. The number of carbonyl (C=O) groups is 2. The van der Waals surface area contributed by atoms with E-state index in [2.05, 4.69) is 15.9 Å². The smallest absolute Gasteiger partial charge is 0.234 e. The Kier molecular flexibility index (Phi) is 2.86. The quantitative estimate of drug-likeness (QED) is 0.609. The fourth-order valence-corrected chi connectivity index (χ4v) is 1.99. The van der Waals surface area contributed by atoms with E-state index in [0.717, 1.165) is 10.9 Å². The molecular weight excluding hydrogens is 258 g/mol. The first-order valence-corrected chi connectivity index (χ1v) is 5.85. The summed E-state index contributed by atoms with van der Waals surface area (Å²) in [6.45, 7) is 0. The molecule has 1 aromatic carbocycles. The highest BCUT2D eigenvalue weighted by molar-refractivity contribution is 9.08. The summed E-state index contributed by atoms with van der Waals surface area (Å²) in [6.07, 6.45) is 0.661. The Hall–Kier alpha value is -1.16. The van der Waals surface area contributed by atoms with Crippen LogP contribution in [0.15, 0.2) is 24.3 Å². The first-order valence-electron chi connectivity index (χ1n) is 4.73. The Morgan fingerprint density at radius 1 is 1.20 bits per heavy atom. The number of rotatable bonds is 2. The predicted octanol–water partition coefficient (Wildman–Crippen LogP) is 2.23. The van der Waals surface area contributed by atoms with Crippen LogP contribution in [0.3, 0.4) is 0 Å². The third kappa shape index (κ3) is 1.95. The molecule has 0 saturated carbocycles. The minimum absolute atomic E-state index is 0.105. The highest BCUT2D eigenvalue weighted by atomic mass is 79.9. The number of imide groups is 1. The Balaban J connectivity index is 2.36. The van der Waals surface area contributed by atoms with E-state index in [4.69, 9.17) is 0 Å². The van der Waals surface area contributed by atoms with Crippen molar-refractivity contribution in [1.29, 1.82) is 0 Å². The average Bonchev–Trinajstić information content (AvgIpc) is 2.59. The molecule has 1 aliphatic heterocycles. The van der Waals surface area contributed by atoms with Crippen molar-refractivity contribution in [1.82, 2.24) is 0 Å². The molecule has 4 heteroatoms. The van der Waals surface area contributed by atoms with Crippen molar-refractivity contribution in [3.8, 4) is 0 Å². The minimum atomic E-state index is -0.105. The zero-order valence-electron chi connectivity index (χ0n) is 8.07. The van der Waals surface area contributed by atoms with E-state index in [-0.39, 0.29) is 11.8 Å². The lowest BCUT2D eigenvalue weighted by Gasteiger charge is -2.14. The van der Waals surface area contributed by atoms with Crippen molar-refractivity contribution < 1.29 is 9.59 Å². The Morgan fingerprint density at radius 2 is 1.87 bits per heavy atom. The molecule has 2 rings (SSSR count). The predicted molar refractivity (Wildman–Crippen MR) is 60.8 cm³/mol. The maximum Gasteiger partial charge on any atom is 0.234 e. The normalized spacial score (nSPS) is 16.2. The molecule has 1 aliphatic rings. The molecule has 0 radical (unpaired) electrons. The molecule has 78 valence electrons. The molecule has 0 aliphatic carbocycles. The zero-order chi connectivity index (χ0) is 10.8. The van der Waals surface area contributed by atoms with Gasteiger partial charge in [-0.3, -0.25) is 14.5 Å². The summed E-state index contributed by atoms with van der Waals surface area (Å²) in [6, 6.07) is 7.44. The molecule has 15 heavy (non-hydrogen) atoms. The van der Waals surface area contributed by atoms with Gasteiger partial charge in [0.15, 0.2) is 0 Å². The lowest BCUT2D eigenvalue weighted by molar-refractivity contribution is -0.121. The van der Waals surface area contributed by atoms with Crippen LogP contribution < -0.4 is 4.90 Å². The number of alkyl halides is 1. The van der Waals surface area contributed by atoms with Crippen LogP contribution in [0, 0.1) is 0 Å². The number of halogens is 1. The van der Waals surface area contributed by atoms with Gasteiger partial charge in [0, 0.05) is 18.2 Å². The molecule has 0 N–H and O–H groups in total. The van der Waals surface area contributed by atoms with E-state index in [1.807, 2.05) is 18.2 Å². The largest absolute Gasteiger partial charge is 0.274 e. The molecule has 2 amide bonds. The van der Waals surface area contributed by atoms with Crippen LogP contribution in [0.25, 0.3) is 0 Å². The van der Waals surface area contributed by atoms with Gasteiger partial charge in [-0.15, -0.1) is 0 Å². The monoisotopic (exact) mass is 267 g/mol. The van der Waals surface area contributed by atoms with Crippen LogP contribution in [0.1, 0.15) is 18.4 Å². The number of amides is 2. The second kappa shape index (κ2) is 4.14. The summed E-state index contributed by atoms with van der Waals surface area (Å²) in [5.41, 5.74) is 1.74. The topological polar surface area (TPSA) is 37.4 Å². The zero-order valence-corrected chi connectivity index (χ0v) is 9.66. The molecular formula is C11H10BrNO2. The van der Waals surface area contributed by atoms with Crippen LogP contribution in [-0.2, 0) is 14.9 Å². The Labute approximate surface area is 96.2 Å². The van der Waals surface area contributed by atoms with Gasteiger partial charge in [0.05, 0.1) is 5.69 Å². The van der Waals surface area contributed by atoms with E-state index in [1.165, 1.54) is 4.90 Å². The molecule has 0 atom stereocenters. The average molecular weight is 268 g/mol. The highest BCUT2D eigenvalue weighted by Crippen LogP contribution is 2.23. The summed E-state index contributed by atoms with van der Waals surface area (Å²) < 4.78 is 0. The van der Waals surface area contributed by atoms with E-state index < -0.39 is 0 Å². The van der Waals surface area contributed by atoms with Crippen LogP contribution in [0.2, 0.25) is 0 Å². The summed E-state index contributed by atoms with van der Waals surface area (Å²) in [7, 11) is 0. The molecule has 0 aromatic heterocycles. The lowest BCUT2D eigenvalue weighted by atomic mass is 10.2. The standard InChI is InChI=1S/C11H10BrNO2/c12-7-8-2-1-3-9(6-8)13-10(14)4-5-11(13)15/h1-3,6H,4-5,7H2. The van der Waals surface area contributed by atoms with Gasteiger partial charge in [0.25, 0.3) is 0 Å². The number of hydrogen-bond donors (Lipinski definition) is 0. The van der Waals surface area contributed by atoms with Crippen molar-refractivity contribution in [2.45, 2.75) is 18.2 Å². The lowest BCUT2D eigenvalue weighted by Crippen LogP contribution is -2.28. The maximum absolute atomic E-state index is 11.5. The van der Waals surface area contributed by atoms with Crippen molar-refractivity contribution in [3.05, 3.63) is 29.8 Å². The molecule has 0 bridgehead atoms. The molecule has 0 unspecified atom stereocenters. The van der Waals surface area contributed by atoms with Crippen molar-refractivity contribution >= 4 is 33.4 Å². The summed E-state index contributed by atoms with van der Waals surface area (Å²) >= 11 is 3.34. The van der Waals surface area contributed by atoms with Crippen molar-refractivity contribution in [2.24, 2.45) is 0 Å². The van der Waals surface area contributed by atoms with Crippen LogP contribution in [0.4, 0.5) is 5.69 Å². The number of hydrogen-bond acceptors (Lipinski definition) is 2. The van der Waals surface area contributed by atoms with Gasteiger partial charge in [0.2, 0.25) is 11.8 Å². The van der Waals surface area contributed by atoms with E-state index >= 15 is 0 Å². The maximum atomic E-state index is 11.5. The van der Waals surface area contributed by atoms with Gasteiger partial charge >= 0.3 is 0 Å². The fraction of sp³-hybridized carbons (Fsp3) is 0.273. The summed E-state index contributed by atoms with van der Waals surface area (Å²) in [5, 5.41) is 0.719. The van der Waals surface area contributed by atoms with Gasteiger partial charge in [-0.25, -0.2) is 0 Å². The van der Waals surface area contributed by atoms with Crippen LogP contribution in [0.5, 0.6) is 0 Å². The molecule has 0 spiro atoms. The SMILES string of the molecule is O=C1CCC(=O)N1c1cccc(CBr)c1. The van der Waals surface area contributed by atoms with E-state index in [9.17, 15) is 9.59 Å². The summed E-state index contributed by atoms with van der Waals surface area (Å²) in [5.74, 6) is -0.210. The first-order chi connectivity index (χ1) is 7.22. The van der Waals surface area contributed by atoms with Gasteiger partial charge in [-0.05, 0) is 17.7 Å². The molecule has 1 heterocycles. The van der Waals surface area contributed by atoms with Crippen molar-refractivity contribution in [3.63, 3.8) is 0 Å². The molecule has 1 saturated heterocycles. The van der Waals surface area contributed by atoms with Gasteiger partial charge in [0.1, 0.15) is 0 Å². The third-order valence-corrected chi connectivity index (χ3v) is 3.02. The van der Waals surface area contributed by atoms with Crippen molar-refractivity contribution in [2.75, 3.05) is 4.90 Å². The van der Waals surface area contributed by atoms with Crippen LogP contribution >= 0.6 is 15.9 Å². The Bertz CT molecular complexity index is 401. The molecule has 1 fully saturated rings.